The number of amides is 1. The highest BCUT2D eigenvalue weighted by Crippen LogP contribution is 2.17. The fourth-order valence-corrected chi connectivity index (χ4v) is 2.85. The van der Waals surface area contributed by atoms with E-state index in [2.05, 4.69) is 10.6 Å². The minimum Gasteiger partial charge on any atom is -0.489 e. The second-order valence-electron chi connectivity index (χ2n) is 6.14. The monoisotopic (exact) mass is 360 g/mol. The molecule has 6 heteroatoms. The molecule has 0 aromatic heterocycles. The Morgan fingerprint density at radius 1 is 1.24 bits per heavy atom. The van der Waals surface area contributed by atoms with Crippen LogP contribution in [0.3, 0.4) is 0 Å². The summed E-state index contributed by atoms with van der Waals surface area (Å²) in [4.78, 5) is 12.3. The second kappa shape index (κ2) is 8.34. The Balaban J connectivity index is 1.54. The third kappa shape index (κ3) is 4.95. The summed E-state index contributed by atoms with van der Waals surface area (Å²) in [6.45, 7) is 2.14. The molecule has 3 rings (SSSR count). The molecule has 1 aliphatic rings. The van der Waals surface area contributed by atoms with E-state index in [0.717, 1.165) is 5.56 Å². The molecule has 1 heterocycles. The van der Waals surface area contributed by atoms with Crippen LogP contribution in [0.15, 0.2) is 48.5 Å². The van der Waals surface area contributed by atoms with Gasteiger partial charge in [0.2, 0.25) is 0 Å². The molecule has 0 spiro atoms. The predicted octanol–water partition coefficient (Wildman–Crippen LogP) is 2.23. The van der Waals surface area contributed by atoms with Crippen LogP contribution in [0.5, 0.6) is 5.75 Å². The van der Waals surface area contributed by atoms with Crippen molar-refractivity contribution in [3.63, 3.8) is 0 Å². The lowest BCUT2D eigenvalue weighted by Crippen LogP contribution is -2.34. The Bertz CT molecular complexity index is 721. The normalized spacial score (nSPS) is 19.6. The molecule has 2 unspecified atom stereocenters. The van der Waals surface area contributed by atoms with Gasteiger partial charge in [-0.15, -0.1) is 0 Å². The molecule has 1 saturated heterocycles. The number of hydrogen-bond donors (Lipinski definition) is 3. The van der Waals surface area contributed by atoms with Crippen LogP contribution in [0.25, 0.3) is 0 Å². The van der Waals surface area contributed by atoms with Gasteiger partial charge in [-0.25, -0.2) is 0 Å². The third-order valence-corrected chi connectivity index (χ3v) is 4.50. The standard InChI is InChI=1S/C19H21ClN2O3/c20-16-6-4-13(5-7-16)12-25-17-3-1-2-14(8-17)19(24)22-10-15-9-21-11-18(15)23/h1-8,15,18,21,23H,9-12H2,(H,22,24). The van der Waals surface area contributed by atoms with Gasteiger partial charge in [0.15, 0.2) is 0 Å². The van der Waals surface area contributed by atoms with E-state index in [0.29, 0.717) is 42.6 Å². The largest absolute Gasteiger partial charge is 0.489 e. The summed E-state index contributed by atoms with van der Waals surface area (Å²) < 4.78 is 5.74. The highest BCUT2D eigenvalue weighted by molar-refractivity contribution is 6.30. The van der Waals surface area contributed by atoms with Crippen LogP contribution in [0.4, 0.5) is 0 Å². The van der Waals surface area contributed by atoms with Gasteiger partial charge in [-0.1, -0.05) is 29.8 Å². The number of carbonyl (C=O) groups is 1. The quantitative estimate of drug-likeness (QED) is 0.738. The number of carbonyl (C=O) groups excluding carboxylic acids is 1. The van der Waals surface area contributed by atoms with Crippen LogP contribution in [-0.4, -0.2) is 36.8 Å². The molecule has 132 valence electrons. The highest BCUT2D eigenvalue weighted by Gasteiger charge is 2.25. The molecule has 0 saturated carbocycles. The molecule has 2 aromatic rings. The molecule has 2 aromatic carbocycles. The van der Waals surface area contributed by atoms with Crippen molar-refractivity contribution >= 4 is 17.5 Å². The van der Waals surface area contributed by atoms with Gasteiger partial charge < -0.3 is 20.5 Å². The second-order valence-corrected chi connectivity index (χ2v) is 6.58. The van der Waals surface area contributed by atoms with Crippen molar-refractivity contribution in [1.29, 1.82) is 0 Å². The first kappa shape index (κ1) is 17.7. The van der Waals surface area contributed by atoms with Gasteiger partial charge >= 0.3 is 0 Å². The van der Waals surface area contributed by atoms with Crippen LogP contribution < -0.4 is 15.4 Å². The van der Waals surface area contributed by atoms with Gasteiger partial charge in [0.1, 0.15) is 12.4 Å². The zero-order valence-corrected chi connectivity index (χ0v) is 14.5. The van der Waals surface area contributed by atoms with E-state index in [9.17, 15) is 9.90 Å². The minimum absolute atomic E-state index is 0.0493. The zero-order chi connectivity index (χ0) is 17.6. The van der Waals surface area contributed by atoms with E-state index in [1.165, 1.54) is 0 Å². The molecule has 2 atom stereocenters. The summed E-state index contributed by atoms with van der Waals surface area (Å²) >= 11 is 5.87. The lowest BCUT2D eigenvalue weighted by molar-refractivity contribution is 0.0926. The number of β-amino-alcohol motifs (C(OH)–C–C–N with tert-alkyl or cyclic N) is 1. The van der Waals surface area contributed by atoms with Crippen LogP contribution >= 0.6 is 11.6 Å². The van der Waals surface area contributed by atoms with E-state index in [-0.39, 0.29) is 11.8 Å². The molecule has 25 heavy (non-hydrogen) atoms. The maximum Gasteiger partial charge on any atom is 0.251 e. The van der Waals surface area contributed by atoms with Crippen molar-refractivity contribution in [3.8, 4) is 5.75 Å². The summed E-state index contributed by atoms with van der Waals surface area (Å²) in [5.41, 5.74) is 1.54. The van der Waals surface area contributed by atoms with E-state index in [4.69, 9.17) is 16.3 Å². The van der Waals surface area contributed by atoms with Gasteiger partial charge in [0, 0.05) is 36.1 Å². The molecule has 1 aliphatic heterocycles. The molecule has 1 fully saturated rings. The first-order chi connectivity index (χ1) is 12.1. The van der Waals surface area contributed by atoms with E-state index < -0.39 is 6.10 Å². The molecule has 0 aliphatic carbocycles. The van der Waals surface area contributed by atoms with Crippen molar-refractivity contribution in [2.45, 2.75) is 12.7 Å². The first-order valence-corrected chi connectivity index (χ1v) is 8.64. The molecule has 1 amide bonds. The fourth-order valence-electron chi connectivity index (χ4n) is 2.73. The SMILES string of the molecule is O=C(NCC1CNCC1O)c1cccc(OCc2ccc(Cl)cc2)c1. The number of rotatable bonds is 6. The lowest BCUT2D eigenvalue weighted by atomic mass is 10.1. The number of hydrogen-bond acceptors (Lipinski definition) is 4. The maximum atomic E-state index is 12.3. The molecule has 0 radical (unpaired) electrons. The first-order valence-electron chi connectivity index (χ1n) is 8.26. The van der Waals surface area contributed by atoms with Gasteiger partial charge in [0.05, 0.1) is 6.10 Å². The van der Waals surface area contributed by atoms with Gasteiger partial charge in [0.25, 0.3) is 5.91 Å². The van der Waals surface area contributed by atoms with E-state index >= 15 is 0 Å². The molecular formula is C19H21ClN2O3. The highest BCUT2D eigenvalue weighted by atomic mass is 35.5. The van der Waals surface area contributed by atoms with Crippen LogP contribution in [0.2, 0.25) is 5.02 Å². The Hall–Kier alpha value is -2.08. The number of halogens is 1. The number of nitrogens with one attached hydrogen (secondary N) is 2. The molecule has 0 bridgehead atoms. The van der Waals surface area contributed by atoms with Crippen molar-refractivity contribution in [1.82, 2.24) is 10.6 Å². The number of aliphatic hydroxyl groups excluding tert-OH is 1. The van der Waals surface area contributed by atoms with Crippen molar-refractivity contribution in [2.24, 2.45) is 5.92 Å². The molecule has 3 N–H and O–H groups in total. The summed E-state index contributed by atoms with van der Waals surface area (Å²) in [5, 5.41) is 16.4. The molecular weight excluding hydrogens is 340 g/mol. The van der Waals surface area contributed by atoms with Crippen LogP contribution in [0.1, 0.15) is 15.9 Å². The fraction of sp³-hybridized carbons (Fsp3) is 0.316. The average Bonchev–Trinajstić information content (AvgIpc) is 3.04. The number of ether oxygens (including phenoxy) is 1. The van der Waals surface area contributed by atoms with Crippen LogP contribution in [-0.2, 0) is 6.61 Å². The Labute approximate surface area is 152 Å². The Morgan fingerprint density at radius 2 is 2.04 bits per heavy atom. The Kier molecular flexibility index (Phi) is 5.91. The van der Waals surface area contributed by atoms with Crippen molar-refractivity contribution in [3.05, 3.63) is 64.7 Å². The predicted molar refractivity (Wildman–Crippen MR) is 96.9 cm³/mol. The number of aliphatic hydroxyl groups is 1. The summed E-state index contributed by atoms with van der Waals surface area (Å²) in [5.74, 6) is 0.509. The minimum atomic E-state index is -0.408. The summed E-state index contributed by atoms with van der Waals surface area (Å²) in [7, 11) is 0. The number of benzene rings is 2. The van der Waals surface area contributed by atoms with Gasteiger partial charge in [-0.3, -0.25) is 4.79 Å². The maximum absolute atomic E-state index is 12.3. The van der Waals surface area contributed by atoms with E-state index in [1.807, 2.05) is 30.3 Å². The summed E-state index contributed by atoms with van der Waals surface area (Å²) in [6.07, 6.45) is -0.408. The Morgan fingerprint density at radius 3 is 2.76 bits per heavy atom. The van der Waals surface area contributed by atoms with Gasteiger partial charge in [-0.2, -0.15) is 0 Å². The van der Waals surface area contributed by atoms with E-state index in [1.54, 1.807) is 18.2 Å². The zero-order valence-electron chi connectivity index (χ0n) is 13.7. The van der Waals surface area contributed by atoms with Crippen molar-refractivity contribution in [2.75, 3.05) is 19.6 Å². The lowest BCUT2D eigenvalue weighted by Gasteiger charge is -2.14. The average molecular weight is 361 g/mol. The molecule has 5 nitrogen and oxygen atoms in total. The smallest absolute Gasteiger partial charge is 0.251 e. The topological polar surface area (TPSA) is 70.6 Å². The van der Waals surface area contributed by atoms with Crippen LogP contribution in [0, 0.1) is 5.92 Å². The third-order valence-electron chi connectivity index (χ3n) is 4.24. The summed E-state index contributed by atoms with van der Waals surface area (Å²) in [6, 6.07) is 14.5. The van der Waals surface area contributed by atoms with Crippen molar-refractivity contribution < 1.29 is 14.6 Å². The van der Waals surface area contributed by atoms with Gasteiger partial charge in [-0.05, 0) is 35.9 Å².